The van der Waals surface area contributed by atoms with E-state index < -0.39 is 11.6 Å². The van der Waals surface area contributed by atoms with E-state index in [2.05, 4.69) is 9.97 Å². The van der Waals surface area contributed by atoms with E-state index in [1.165, 1.54) is 9.80 Å². The first-order valence-corrected chi connectivity index (χ1v) is 12.2. The zero-order chi connectivity index (χ0) is 25.6. The number of fused-ring (bicyclic) bond motifs is 4. The Bertz CT molecular complexity index is 1550. The third-order valence-corrected chi connectivity index (χ3v) is 7.07. The Morgan fingerprint density at radius 2 is 1.59 bits per heavy atom. The number of hydrogen-bond donors (Lipinski definition) is 0. The molecule has 0 saturated carbocycles. The Morgan fingerprint density at radius 1 is 0.919 bits per heavy atom. The highest BCUT2D eigenvalue weighted by Crippen LogP contribution is 2.45. The molecule has 3 aromatic carbocycles. The Hall–Kier alpha value is -4.59. The molecular weight excluding hydrogens is 468 g/mol. The highest BCUT2D eigenvalue weighted by Gasteiger charge is 2.62. The largest absolute Gasteiger partial charge is 0.456 e. The maximum absolute atomic E-state index is 14.0. The summed E-state index contributed by atoms with van der Waals surface area (Å²) in [6.45, 7) is 1.84. The predicted octanol–water partition coefficient (Wildman–Crippen LogP) is 4.16. The van der Waals surface area contributed by atoms with Crippen LogP contribution >= 0.6 is 0 Å². The molecule has 0 N–H and O–H groups in total. The Morgan fingerprint density at radius 3 is 2.38 bits per heavy atom. The lowest BCUT2D eigenvalue weighted by Crippen LogP contribution is -2.68. The van der Waals surface area contributed by atoms with Gasteiger partial charge < -0.3 is 9.64 Å². The monoisotopic (exact) mass is 492 g/mol. The third-order valence-electron chi connectivity index (χ3n) is 7.07. The number of amides is 2. The van der Waals surface area contributed by atoms with Gasteiger partial charge in [-0.25, -0.2) is 14.8 Å². The van der Waals surface area contributed by atoms with Crippen molar-refractivity contribution in [2.45, 2.75) is 38.6 Å². The van der Waals surface area contributed by atoms with Gasteiger partial charge in [0.05, 0.1) is 33.7 Å². The molecule has 0 radical (unpaired) electrons. The Kier molecular flexibility index (Phi) is 5.44. The van der Waals surface area contributed by atoms with Gasteiger partial charge in [0.25, 0.3) is 5.91 Å². The molecule has 3 heterocycles. The molecule has 8 heteroatoms. The number of aromatic nitrogens is 2. The summed E-state index contributed by atoms with van der Waals surface area (Å²) in [4.78, 5) is 53.2. The van der Waals surface area contributed by atoms with Crippen molar-refractivity contribution >= 4 is 34.5 Å². The average Bonchev–Trinajstić information content (AvgIpc) is 3.28. The number of anilines is 1. The molecule has 1 fully saturated rings. The van der Waals surface area contributed by atoms with E-state index >= 15 is 0 Å². The molecule has 6 rings (SSSR count). The topological polar surface area (TPSA) is 92.7 Å². The molecule has 4 aromatic rings. The normalized spacial score (nSPS) is 18.6. The molecule has 1 unspecified atom stereocenters. The van der Waals surface area contributed by atoms with Crippen LogP contribution in [0.2, 0.25) is 0 Å². The van der Waals surface area contributed by atoms with Crippen molar-refractivity contribution in [2.75, 3.05) is 4.90 Å². The number of carbonyl (C=O) groups is 3. The van der Waals surface area contributed by atoms with Crippen molar-refractivity contribution in [3.8, 4) is 0 Å². The van der Waals surface area contributed by atoms with Crippen molar-refractivity contribution in [1.29, 1.82) is 0 Å². The number of para-hydroxylation sites is 3. The molecule has 37 heavy (non-hydrogen) atoms. The van der Waals surface area contributed by atoms with Crippen LogP contribution in [-0.4, -0.2) is 38.3 Å². The first-order chi connectivity index (χ1) is 18.0. The standard InChI is InChI=1S/C29H24N4O4/c1-19-24(31-23-13-7-6-12-22(23)30-19)18-37-28(36)29-16-15-26(34)33(29)25-14-8-5-11-21(25)27(35)32(29)17-20-9-3-2-4-10-20/h2-14H,15-18H2,1H3. The minimum Gasteiger partial charge on any atom is -0.456 e. The van der Waals surface area contributed by atoms with Crippen LogP contribution in [-0.2, 0) is 27.5 Å². The van der Waals surface area contributed by atoms with E-state index in [1.807, 2.05) is 61.5 Å². The highest BCUT2D eigenvalue weighted by atomic mass is 16.5. The van der Waals surface area contributed by atoms with Crippen LogP contribution in [0.1, 0.15) is 40.2 Å². The van der Waals surface area contributed by atoms with E-state index in [4.69, 9.17) is 4.74 Å². The second-order valence-corrected chi connectivity index (χ2v) is 9.26. The van der Waals surface area contributed by atoms with Gasteiger partial charge in [0, 0.05) is 19.4 Å². The van der Waals surface area contributed by atoms with Gasteiger partial charge >= 0.3 is 5.97 Å². The van der Waals surface area contributed by atoms with Crippen molar-refractivity contribution in [3.63, 3.8) is 0 Å². The minimum absolute atomic E-state index is 0.122. The van der Waals surface area contributed by atoms with Gasteiger partial charge in [-0.1, -0.05) is 54.6 Å². The van der Waals surface area contributed by atoms with Crippen LogP contribution in [0.15, 0.2) is 78.9 Å². The fourth-order valence-corrected chi connectivity index (χ4v) is 5.25. The number of benzene rings is 3. The maximum Gasteiger partial charge on any atom is 0.354 e. The minimum atomic E-state index is -1.59. The number of nitrogens with zero attached hydrogens (tertiary/aromatic N) is 4. The van der Waals surface area contributed by atoms with E-state index in [-0.39, 0.29) is 37.8 Å². The van der Waals surface area contributed by atoms with Crippen molar-refractivity contribution in [3.05, 3.63) is 101 Å². The fourth-order valence-electron chi connectivity index (χ4n) is 5.25. The van der Waals surface area contributed by atoms with Crippen LogP contribution in [0.5, 0.6) is 0 Å². The maximum atomic E-state index is 14.0. The summed E-state index contributed by atoms with van der Waals surface area (Å²) < 4.78 is 5.85. The summed E-state index contributed by atoms with van der Waals surface area (Å²) >= 11 is 0. The molecule has 2 amide bonds. The second kappa shape index (κ2) is 8.81. The van der Waals surface area contributed by atoms with Gasteiger partial charge in [-0.2, -0.15) is 0 Å². The second-order valence-electron chi connectivity index (χ2n) is 9.26. The molecule has 1 atom stereocenters. The SMILES string of the molecule is Cc1nc2ccccc2nc1COC(=O)C12CCC(=O)N1c1ccccc1C(=O)N2Cc1ccccc1. The van der Waals surface area contributed by atoms with Gasteiger partial charge in [-0.05, 0) is 36.8 Å². The van der Waals surface area contributed by atoms with Crippen molar-refractivity contribution in [1.82, 2.24) is 14.9 Å². The van der Waals surface area contributed by atoms with E-state index in [1.54, 1.807) is 24.3 Å². The van der Waals surface area contributed by atoms with Crippen LogP contribution < -0.4 is 4.90 Å². The quantitative estimate of drug-likeness (QED) is 0.389. The molecule has 2 aliphatic heterocycles. The Balaban J connectivity index is 1.40. The number of ether oxygens (including phenoxy) is 1. The van der Waals surface area contributed by atoms with Gasteiger partial charge in [0.1, 0.15) is 6.61 Å². The number of hydrogen-bond acceptors (Lipinski definition) is 6. The molecule has 0 aliphatic carbocycles. The van der Waals surface area contributed by atoms with Crippen molar-refractivity contribution < 1.29 is 19.1 Å². The molecule has 0 bridgehead atoms. The zero-order valence-corrected chi connectivity index (χ0v) is 20.3. The summed E-state index contributed by atoms with van der Waals surface area (Å²) in [6, 6.07) is 23.8. The molecule has 8 nitrogen and oxygen atoms in total. The van der Waals surface area contributed by atoms with Gasteiger partial charge in [0.15, 0.2) is 0 Å². The van der Waals surface area contributed by atoms with E-state index in [0.29, 0.717) is 28.2 Å². The molecule has 1 saturated heterocycles. The molecule has 184 valence electrons. The highest BCUT2D eigenvalue weighted by molar-refractivity contribution is 6.15. The summed E-state index contributed by atoms with van der Waals surface area (Å²) in [6.07, 6.45) is 0.261. The van der Waals surface area contributed by atoms with E-state index in [9.17, 15) is 14.4 Å². The lowest BCUT2D eigenvalue weighted by Gasteiger charge is -2.48. The first kappa shape index (κ1) is 22.8. The summed E-state index contributed by atoms with van der Waals surface area (Å²) in [5.41, 5.74) is 2.69. The van der Waals surface area contributed by atoms with Gasteiger partial charge in [-0.15, -0.1) is 0 Å². The zero-order valence-electron chi connectivity index (χ0n) is 20.3. The molecule has 0 spiro atoms. The fraction of sp³-hybridized carbons (Fsp3) is 0.207. The summed E-state index contributed by atoms with van der Waals surface area (Å²) in [5.74, 6) is -1.20. The molecule has 1 aromatic heterocycles. The number of aryl methyl sites for hydroxylation is 1. The predicted molar refractivity (Wildman–Crippen MR) is 136 cm³/mol. The lowest BCUT2D eigenvalue weighted by molar-refractivity contribution is -0.159. The van der Waals surface area contributed by atoms with Gasteiger partial charge in [0.2, 0.25) is 11.6 Å². The average molecular weight is 493 g/mol. The summed E-state index contributed by atoms with van der Waals surface area (Å²) in [5, 5.41) is 0. The van der Waals surface area contributed by atoms with Crippen LogP contribution in [0, 0.1) is 6.92 Å². The molecule has 2 aliphatic rings. The van der Waals surface area contributed by atoms with Crippen molar-refractivity contribution in [2.24, 2.45) is 0 Å². The lowest BCUT2D eigenvalue weighted by atomic mass is 9.95. The first-order valence-electron chi connectivity index (χ1n) is 12.2. The third kappa shape index (κ3) is 3.64. The smallest absolute Gasteiger partial charge is 0.354 e. The Labute approximate surface area is 213 Å². The van der Waals surface area contributed by atoms with Crippen LogP contribution in [0.3, 0.4) is 0 Å². The molecular formula is C29H24N4O4. The van der Waals surface area contributed by atoms with Crippen LogP contribution in [0.25, 0.3) is 11.0 Å². The number of rotatable bonds is 5. The summed E-state index contributed by atoms with van der Waals surface area (Å²) in [7, 11) is 0. The van der Waals surface area contributed by atoms with Gasteiger partial charge in [-0.3, -0.25) is 14.5 Å². The number of carbonyl (C=O) groups excluding carboxylic acids is 3. The van der Waals surface area contributed by atoms with Crippen LogP contribution in [0.4, 0.5) is 5.69 Å². The van der Waals surface area contributed by atoms with E-state index in [0.717, 1.165) is 11.1 Å². The number of esters is 1.